The average Bonchev–Trinajstić information content (AvgIpc) is 2.72. The van der Waals surface area contributed by atoms with E-state index in [2.05, 4.69) is 45.9 Å². The zero-order valence-electron chi connectivity index (χ0n) is 9.44. The highest BCUT2D eigenvalue weighted by Gasteiger charge is 2.07. The second-order valence-corrected chi connectivity index (χ2v) is 4.52. The molecule has 0 amide bonds. The minimum atomic E-state index is 0.960. The van der Waals surface area contributed by atoms with E-state index in [0.717, 1.165) is 28.7 Å². The van der Waals surface area contributed by atoms with Gasteiger partial charge in [-0.2, -0.15) is 5.10 Å². The SMILES string of the molecule is CCc1cc(CC)n(-c2cncc(Br)c2)n1. The summed E-state index contributed by atoms with van der Waals surface area (Å²) in [4.78, 5) is 4.16. The molecule has 0 fully saturated rings. The van der Waals surface area contributed by atoms with E-state index in [1.165, 1.54) is 5.69 Å². The molecule has 4 heteroatoms. The Bertz CT molecular complexity index is 491. The monoisotopic (exact) mass is 279 g/mol. The summed E-state index contributed by atoms with van der Waals surface area (Å²) in [6.07, 6.45) is 5.54. The minimum absolute atomic E-state index is 0.960. The van der Waals surface area contributed by atoms with E-state index in [1.54, 1.807) is 6.20 Å². The maximum Gasteiger partial charge on any atom is 0.0843 e. The summed E-state index contributed by atoms with van der Waals surface area (Å²) in [6.45, 7) is 4.25. The summed E-state index contributed by atoms with van der Waals surface area (Å²) in [5.41, 5.74) is 3.35. The Morgan fingerprint density at radius 2 is 2.00 bits per heavy atom. The molecule has 0 aromatic carbocycles. The quantitative estimate of drug-likeness (QED) is 0.864. The van der Waals surface area contributed by atoms with E-state index >= 15 is 0 Å². The highest BCUT2D eigenvalue weighted by Crippen LogP contribution is 2.16. The zero-order chi connectivity index (χ0) is 11.5. The molecule has 2 aromatic rings. The third kappa shape index (κ3) is 2.16. The molecule has 2 rings (SSSR count). The Hall–Kier alpha value is -1.16. The fourth-order valence-corrected chi connectivity index (χ4v) is 1.99. The standard InChI is InChI=1S/C12H14BrN3/c1-3-10-6-11(4-2)16(15-10)12-5-9(13)7-14-8-12/h5-8H,3-4H2,1-2H3. The number of halogens is 1. The van der Waals surface area contributed by atoms with Crippen LogP contribution in [0.5, 0.6) is 0 Å². The Morgan fingerprint density at radius 3 is 2.62 bits per heavy atom. The molecule has 0 aliphatic carbocycles. The number of hydrogen-bond acceptors (Lipinski definition) is 2. The van der Waals surface area contributed by atoms with Crippen molar-refractivity contribution in [1.82, 2.24) is 14.8 Å². The lowest BCUT2D eigenvalue weighted by atomic mass is 10.2. The summed E-state index contributed by atoms with van der Waals surface area (Å²) in [6, 6.07) is 4.18. The molecule has 0 aliphatic rings. The second-order valence-electron chi connectivity index (χ2n) is 3.61. The molecule has 0 saturated heterocycles. The van der Waals surface area contributed by atoms with Crippen molar-refractivity contribution in [1.29, 1.82) is 0 Å². The average molecular weight is 280 g/mol. The molecule has 0 bridgehead atoms. The third-order valence-electron chi connectivity index (χ3n) is 2.49. The van der Waals surface area contributed by atoms with E-state index in [-0.39, 0.29) is 0 Å². The summed E-state index contributed by atoms with van der Waals surface area (Å²) in [5, 5.41) is 4.57. The van der Waals surface area contributed by atoms with Gasteiger partial charge in [0.15, 0.2) is 0 Å². The second kappa shape index (κ2) is 4.78. The van der Waals surface area contributed by atoms with Crippen LogP contribution >= 0.6 is 15.9 Å². The molecule has 84 valence electrons. The van der Waals surface area contributed by atoms with E-state index in [4.69, 9.17) is 0 Å². The normalized spacial score (nSPS) is 10.7. The van der Waals surface area contributed by atoms with E-state index in [1.807, 2.05) is 16.9 Å². The Kier molecular flexibility index (Phi) is 3.39. The van der Waals surface area contributed by atoms with E-state index in [0.29, 0.717) is 0 Å². The fourth-order valence-electron chi connectivity index (χ4n) is 1.64. The van der Waals surface area contributed by atoms with Gasteiger partial charge in [-0.15, -0.1) is 0 Å². The van der Waals surface area contributed by atoms with Gasteiger partial charge in [0, 0.05) is 16.4 Å². The van der Waals surface area contributed by atoms with Gasteiger partial charge in [-0.25, -0.2) is 4.68 Å². The van der Waals surface area contributed by atoms with Crippen LogP contribution in [-0.4, -0.2) is 14.8 Å². The predicted octanol–water partition coefficient (Wildman–Crippen LogP) is 3.15. The lowest BCUT2D eigenvalue weighted by Gasteiger charge is -2.05. The smallest absolute Gasteiger partial charge is 0.0843 e. The molecule has 0 atom stereocenters. The van der Waals surface area contributed by atoms with Crippen molar-refractivity contribution in [2.75, 3.05) is 0 Å². The Balaban J connectivity index is 2.50. The van der Waals surface area contributed by atoms with Crippen molar-refractivity contribution in [2.45, 2.75) is 26.7 Å². The van der Waals surface area contributed by atoms with Crippen LogP contribution in [0.4, 0.5) is 0 Å². The maximum atomic E-state index is 4.57. The number of aryl methyl sites for hydroxylation is 2. The predicted molar refractivity (Wildman–Crippen MR) is 67.8 cm³/mol. The molecule has 0 unspecified atom stereocenters. The van der Waals surface area contributed by atoms with Crippen LogP contribution in [-0.2, 0) is 12.8 Å². The summed E-state index contributed by atoms with van der Waals surface area (Å²) in [7, 11) is 0. The van der Waals surface area contributed by atoms with Gasteiger partial charge in [-0.1, -0.05) is 13.8 Å². The van der Waals surface area contributed by atoms with E-state index in [9.17, 15) is 0 Å². The molecular formula is C12H14BrN3. The van der Waals surface area contributed by atoms with Crippen molar-refractivity contribution < 1.29 is 0 Å². The van der Waals surface area contributed by atoms with Crippen LogP contribution in [0.2, 0.25) is 0 Å². The lowest BCUT2D eigenvalue weighted by Crippen LogP contribution is -2.02. The first kappa shape index (κ1) is 11.3. The largest absolute Gasteiger partial charge is 0.261 e. The van der Waals surface area contributed by atoms with Gasteiger partial charge < -0.3 is 0 Å². The summed E-state index contributed by atoms with van der Waals surface area (Å²) >= 11 is 3.43. The van der Waals surface area contributed by atoms with Gasteiger partial charge in [0.1, 0.15) is 0 Å². The topological polar surface area (TPSA) is 30.7 Å². The van der Waals surface area contributed by atoms with Crippen molar-refractivity contribution in [3.63, 3.8) is 0 Å². The summed E-state index contributed by atoms with van der Waals surface area (Å²) in [5.74, 6) is 0. The van der Waals surface area contributed by atoms with Gasteiger partial charge in [0.25, 0.3) is 0 Å². The first-order valence-corrected chi connectivity index (χ1v) is 6.22. The first-order valence-electron chi connectivity index (χ1n) is 5.43. The van der Waals surface area contributed by atoms with Crippen molar-refractivity contribution in [3.05, 3.63) is 40.4 Å². The van der Waals surface area contributed by atoms with Gasteiger partial charge in [0.05, 0.1) is 17.6 Å². The van der Waals surface area contributed by atoms with Crippen LogP contribution in [0.25, 0.3) is 5.69 Å². The molecule has 3 nitrogen and oxygen atoms in total. The molecule has 2 heterocycles. The number of rotatable bonds is 3. The van der Waals surface area contributed by atoms with E-state index < -0.39 is 0 Å². The molecule has 2 aromatic heterocycles. The molecular weight excluding hydrogens is 266 g/mol. The Morgan fingerprint density at radius 1 is 1.19 bits per heavy atom. The number of hydrogen-bond donors (Lipinski definition) is 0. The van der Waals surface area contributed by atoms with Crippen LogP contribution < -0.4 is 0 Å². The molecule has 0 radical (unpaired) electrons. The minimum Gasteiger partial charge on any atom is -0.261 e. The van der Waals surface area contributed by atoms with Crippen molar-refractivity contribution >= 4 is 15.9 Å². The molecule has 0 aliphatic heterocycles. The van der Waals surface area contributed by atoms with Crippen LogP contribution in [0.1, 0.15) is 25.2 Å². The van der Waals surface area contributed by atoms with Gasteiger partial charge in [0.2, 0.25) is 0 Å². The number of pyridine rings is 1. The third-order valence-corrected chi connectivity index (χ3v) is 2.93. The van der Waals surface area contributed by atoms with Crippen LogP contribution in [0.15, 0.2) is 29.0 Å². The fraction of sp³-hybridized carbons (Fsp3) is 0.333. The molecule has 0 N–H and O–H groups in total. The number of aromatic nitrogens is 3. The van der Waals surface area contributed by atoms with Crippen molar-refractivity contribution in [3.8, 4) is 5.69 Å². The number of nitrogens with zero attached hydrogens (tertiary/aromatic N) is 3. The van der Waals surface area contributed by atoms with Crippen LogP contribution in [0.3, 0.4) is 0 Å². The summed E-state index contributed by atoms with van der Waals surface area (Å²) < 4.78 is 2.94. The van der Waals surface area contributed by atoms with Crippen LogP contribution in [0, 0.1) is 0 Å². The lowest BCUT2D eigenvalue weighted by molar-refractivity contribution is 0.790. The molecule has 0 spiro atoms. The molecule has 0 saturated carbocycles. The van der Waals surface area contributed by atoms with Crippen molar-refractivity contribution in [2.24, 2.45) is 0 Å². The van der Waals surface area contributed by atoms with Gasteiger partial charge in [-0.3, -0.25) is 4.98 Å². The highest BCUT2D eigenvalue weighted by molar-refractivity contribution is 9.10. The Labute approximate surface area is 104 Å². The van der Waals surface area contributed by atoms with Gasteiger partial charge in [-0.05, 0) is 40.9 Å². The maximum absolute atomic E-state index is 4.57. The van der Waals surface area contributed by atoms with Gasteiger partial charge >= 0.3 is 0 Å². The highest BCUT2D eigenvalue weighted by atomic mass is 79.9. The zero-order valence-corrected chi connectivity index (χ0v) is 11.0. The molecule has 16 heavy (non-hydrogen) atoms. The first-order chi connectivity index (χ1) is 7.74.